The summed E-state index contributed by atoms with van der Waals surface area (Å²) in [7, 11) is 1.44. The number of nitrogens with zero attached hydrogens (tertiary/aromatic N) is 2. The lowest BCUT2D eigenvalue weighted by molar-refractivity contribution is -0.131. The van der Waals surface area contributed by atoms with Gasteiger partial charge in [-0.15, -0.1) is 0 Å². The largest absolute Gasteiger partial charge is 0.495 e. The number of rotatable bonds is 5. The smallest absolute Gasteiger partial charge is 0.335 e. The number of barbiturate groups is 1. The van der Waals surface area contributed by atoms with Gasteiger partial charge in [-0.2, -0.15) is 0 Å². The van der Waals surface area contributed by atoms with E-state index in [1.165, 1.54) is 13.3 Å². The highest BCUT2D eigenvalue weighted by molar-refractivity contribution is 6.32. The van der Waals surface area contributed by atoms with Gasteiger partial charge < -0.3 is 9.84 Å². The lowest BCUT2D eigenvalue weighted by Gasteiger charge is -2.44. The lowest BCUT2D eigenvalue weighted by atomic mass is 9.63. The van der Waals surface area contributed by atoms with E-state index in [4.69, 9.17) is 4.74 Å². The van der Waals surface area contributed by atoms with E-state index in [1.807, 2.05) is 0 Å². The lowest BCUT2D eigenvalue weighted by Crippen LogP contribution is -2.58. The molecule has 162 valence electrons. The van der Waals surface area contributed by atoms with Crippen LogP contribution >= 0.6 is 0 Å². The zero-order valence-electron chi connectivity index (χ0n) is 17.8. The van der Waals surface area contributed by atoms with Gasteiger partial charge in [0, 0.05) is 12.8 Å². The predicted molar refractivity (Wildman–Crippen MR) is 113 cm³/mol. The maximum Gasteiger partial charge on any atom is 0.335 e. The van der Waals surface area contributed by atoms with Crippen molar-refractivity contribution in [2.24, 2.45) is 21.7 Å². The minimum atomic E-state index is -1.21. The highest BCUT2D eigenvalue weighted by Crippen LogP contribution is 2.46. The average molecular weight is 415 g/mol. The van der Waals surface area contributed by atoms with Crippen LogP contribution in [0.5, 0.6) is 5.75 Å². The van der Waals surface area contributed by atoms with Gasteiger partial charge in [0.05, 0.1) is 18.9 Å². The van der Waals surface area contributed by atoms with Gasteiger partial charge >= 0.3 is 6.03 Å². The number of anilines is 1. The number of para-hydroxylation sites is 2. The van der Waals surface area contributed by atoms with E-state index < -0.39 is 29.9 Å². The number of hydrogen-bond acceptors (Lipinski definition) is 6. The number of nitrogens with one attached hydrogen (secondary N) is 1. The van der Waals surface area contributed by atoms with Gasteiger partial charge in [-0.25, -0.2) is 9.69 Å². The van der Waals surface area contributed by atoms with Crippen LogP contribution in [0.25, 0.3) is 0 Å². The molecule has 3 atom stereocenters. The monoisotopic (exact) mass is 415 g/mol. The number of carbonyl (C=O) groups excluding carboxylic acids is 3. The predicted octanol–water partition coefficient (Wildman–Crippen LogP) is 2.54. The third kappa shape index (κ3) is 4.53. The van der Waals surface area contributed by atoms with Crippen LogP contribution in [-0.2, 0) is 9.59 Å². The molecule has 8 heteroatoms. The minimum Gasteiger partial charge on any atom is -0.495 e. The second-order valence-corrected chi connectivity index (χ2v) is 9.32. The van der Waals surface area contributed by atoms with Gasteiger partial charge in [0.15, 0.2) is 5.92 Å². The summed E-state index contributed by atoms with van der Waals surface area (Å²) in [5.41, 5.74) is 0.0226. The first-order valence-electron chi connectivity index (χ1n) is 10.1. The third-order valence-electron chi connectivity index (χ3n) is 5.68. The van der Waals surface area contributed by atoms with Crippen molar-refractivity contribution in [2.75, 3.05) is 18.6 Å². The second-order valence-electron chi connectivity index (χ2n) is 9.32. The molecule has 1 aromatic carbocycles. The first kappa shape index (κ1) is 22.0. The Morgan fingerprint density at radius 1 is 1.23 bits per heavy atom. The molecule has 30 heavy (non-hydrogen) atoms. The van der Waals surface area contributed by atoms with E-state index >= 15 is 0 Å². The molecule has 0 radical (unpaired) electrons. The number of hydrogen-bond donors (Lipinski definition) is 2. The molecule has 1 saturated heterocycles. The molecule has 0 spiro atoms. The highest BCUT2D eigenvalue weighted by atomic mass is 16.5. The Kier molecular flexibility index (Phi) is 5.99. The van der Waals surface area contributed by atoms with Crippen molar-refractivity contribution < 1.29 is 24.2 Å². The molecular weight excluding hydrogens is 386 g/mol. The first-order chi connectivity index (χ1) is 14.1. The van der Waals surface area contributed by atoms with Crippen LogP contribution in [0.4, 0.5) is 10.5 Å². The molecule has 1 aromatic rings. The first-order valence-corrected chi connectivity index (χ1v) is 10.1. The standard InChI is InChI=1S/C22H29N3O5/c1-21(2)9-14(26)10-22(3,12-21)13-23-11-15-18(27)24-20(29)25(19(15)28)16-7-5-6-8-17(16)30-4/h5-8,11,14-15,26H,9-10,12-13H2,1-4H3,(H,24,27,29)/t14-,15?,22-/m0/s1. The van der Waals surface area contributed by atoms with E-state index in [-0.39, 0.29) is 16.5 Å². The summed E-state index contributed by atoms with van der Waals surface area (Å²) in [5, 5.41) is 12.4. The average Bonchev–Trinajstić information content (AvgIpc) is 2.62. The number of methoxy groups -OCH3 is 1. The molecule has 1 aliphatic heterocycles. The van der Waals surface area contributed by atoms with Crippen molar-refractivity contribution in [3.05, 3.63) is 24.3 Å². The topological polar surface area (TPSA) is 108 Å². The van der Waals surface area contributed by atoms with Gasteiger partial charge in [-0.1, -0.05) is 32.9 Å². The molecular formula is C22H29N3O5. The molecule has 0 bridgehead atoms. The van der Waals surface area contributed by atoms with Crippen molar-refractivity contribution in [3.8, 4) is 5.75 Å². The molecule has 3 rings (SSSR count). The van der Waals surface area contributed by atoms with Crippen molar-refractivity contribution in [1.29, 1.82) is 0 Å². The van der Waals surface area contributed by atoms with Gasteiger partial charge in [0.2, 0.25) is 5.91 Å². The number of aliphatic hydroxyl groups is 1. The summed E-state index contributed by atoms with van der Waals surface area (Å²) < 4.78 is 5.24. The minimum absolute atomic E-state index is 0.00689. The van der Waals surface area contributed by atoms with Gasteiger partial charge in [-0.3, -0.25) is 19.9 Å². The fraction of sp³-hybridized carbons (Fsp3) is 0.545. The maximum absolute atomic E-state index is 13.0. The van der Waals surface area contributed by atoms with Gasteiger partial charge in [-0.05, 0) is 42.2 Å². The quantitative estimate of drug-likeness (QED) is 0.568. The molecule has 2 fully saturated rings. The summed E-state index contributed by atoms with van der Waals surface area (Å²) in [6.07, 6.45) is 3.15. The number of ether oxygens (including phenoxy) is 1. The fourth-order valence-corrected chi connectivity index (χ4v) is 4.84. The van der Waals surface area contributed by atoms with Crippen molar-refractivity contribution in [3.63, 3.8) is 0 Å². The number of carbonyl (C=O) groups is 3. The fourth-order valence-electron chi connectivity index (χ4n) is 4.84. The Morgan fingerprint density at radius 2 is 1.93 bits per heavy atom. The molecule has 0 aromatic heterocycles. The highest BCUT2D eigenvalue weighted by Gasteiger charge is 2.43. The summed E-state index contributed by atoms with van der Waals surface area (Å²) in [6.45, 7) is 6.67. The summed E-state index contributed by atoms with van der Waals surface area (Å²) in [4.78, 5) is 43.0. The Balaban J connectivity index is 1.79. The van der Waals surface area contributed by atoms with Crippen molar-refractivity contribution >= 4 is 29.7 Å². The van der Waals surface area contributed by atoms with E-state index in [9.17, 15) is 19.5 Å². The van der Waals surface area contributed by atoms with E-state index in [1.54, 1.807) is 24.3 Å². The SMILES string of the molecule is COc1ccccc1N1C(=O)NC(=O)C(C=NC[C@@]2(C)C[C@@H](O)CC(C)(C)C2)C1=O. The van der Waals surface area contributed by atoms with Crippen molar-refractivity contribution in [1.82, 2.24) is 5.32 Å². The zero-order chi connectivity index (χ0) is 22.1. The summed E-state index contributed by atoms with van der Waals surface area (Å²) in [6, 6.07) is 5.79. The third-order valence-corrected chi connectivity index (χ3v) is 5.68. The molecule has 8 nitrogen and oxygen atoms in total. The normalized spacial score (nSPS) is 29.2. The summed E-state index contributed by atoms with van der Waals surface area (Å²) >= 11 is 0. The number of amides is 4. The van der Waals surface area contributed by atoms with Crippen molar-refractivity contribution in [2.45, 2.75) is 46.1 Å². The maximum atomic E-state index is 13.0. The number of benzene rings is 1. The molecule has 1 unspecified atom stereocenters. The molecule has 2 aliphatic rings. The number of imide groups is 2. The van der Waals surface area contributed by atoms with Crippen LogP contribution in [-0.4, -0.2) is 48.9 Å². The Hall–Kier alpha value is -2.74. The zero-order valence-corrected chi connectivity index (χ0v) is 17.8. The van der Waals surface area contributed by atoms with Crippen LogP contribution < -0.4 is 15.0 Å². The van der Waals surface area contributed by atoms with Crippen LogP contribution in [0.1, 0.15) is 40.0 Å². The Bertz CT molecular complexity index is 881. The van der Waals surface area contributed by atoms with Crippen LogP contribution in [0.2, 0.25) is 0 Å². The molecule has 1 saturated carbocycles. The number of aliphatic imine (C=N–C) groups is 1. The summed E-state index contributed by atoms with van der Waals surface area (Å²) in [5.74, 6) is -2.24. The van der Waals surface area contributed by atoms with E-state index in [2.05, 4.69) is 31.1 Å². The van der Waals surface area contributed by atoms with Crippen LogP contribution in [0.3, 0.4) is 0 Å². The Labute approximate surface area is 176 Å². The number of urea groups is 1. The molecule has 1 aliphatic carbocycles. The van der Waals surface area contributed by atoms with Crippen LogP contribution in [0, 0.1) is 16.7 Å². The molecule has 4 amide bonds. The van der Waals surface area contributed by atoms with Crippen LogP contribution in [0.15, 0.2) is 29.3 Å². The van der Waals surface area contributed by atoms with Gasteiger partial charge in [0.25, 0.3) is 5.91 Å². The Morgan fingerprint density at radius 3 is 2.60 bits per heavy atom. The second kappa shape index (κ2) is 8.18. The number of aliphatic hydroxyl groups excluding tert-OH is 1. The molecule has 1 heterocycles. The molecule has 2 N–H and O–H groups in total. The van der Waals surface area contributed by atoms with Gasteiger partial charge in [0.1, 0.15) is 5.75 Å². The van der Waals surface area contributed by atoms with E-state index in [0.29, 0.717) is 18.7 Å². The van der Waals surface area contributed by atoms with E-state index in [0.717, 1.165) is 17.7 Å².